The molecule has 0 unspecified atom stereocenters. The molecule has 0 heterocycles. The molecule has 0 aliphatic heterocycles. The topological polar surface area (TPSA) is 53.6 Å². The maximum Gasteiger partial charge on any atom is 0.407 e. The summed E-state index contributed by atoms with van der Waals surface area (Å²) in [7, 11) is 0. The second-order valence-corrected chi connectivity index (χ2v) is 7.38. The highest BCUT2D eigenvalue weighted by atomic mass is 16.5. The zero-order valence-corrected chi connectivity index (χ0v) is 16.9. The predicted octanol–water partition coefficient (Wildman–Crippen LogP) is 4.40. The third-order valence-corrected chi connectivity index (χ3v) is 5.27. The highest BCUT2D eigenvalue weighted by molar-refractivity contribution is 5.67. The minimum Gasteiger partial charge on any atom is -0.445 e. The molecule has 1 aliphatic rings. The Morgan fingerprint density at radius 1 is 1.00 bits per heavy atom. The van der Waals surface area contributed by atoms with Gasteiger partial charge in [0.1, 0.15) is 6.61 Å². The van der Waals surface area contributed by atoms with E-state index in [1.54, 1.807) is 0 Å². The molecule has 0 aromatic heterocycles. The van der Waals surface area contributed by atoms with Crippen LogP contribution in [0.1, 0.15) is 37.8 Å². The van der Waals surface area contributed by atoms with Crippen molar-refractivity contribution in [1.29, 1.82) is 0 Å². The highest BCUT2D eigenvalue weighted by Gasteiger charge is 2.30. The van der Waals surface area contributed by atoms with Crippen LogP contribution >= 0.6 is 0 Å². The van der Waals surface area contributed by atoms with Crippen LogP contribution in [0.3, 0.4) is 0 Å². The van der Waals surface area contributed by atoms with Crippen LogP contribution in [0.2, 0.25) is 0 Å². The van der Waals surface area contributed by atoms with Gasteiger partial charge in [-0.25, -0.2) is 4.79 Å². The maximum atomic E-state index is 11.9. The Balaban J connectivity index is 1.38. The van der Waals surface area contributed by atoms with Gasteiger partial charge in [-0.05, 0) is 49.2 Å². The van der Waals surface area contributed by atoms with Crippen molar-refractivity contribution in [2.75, 3.05) is 18.4 Å². The number of rotatable bonds is 9. The van der Waals surface area contributed by atoms with Crippen molar-refractivity contribution < 1.29 is 9.53 Å². The van der Waals surface area contributed by atoms with Crippen molar-refractivity contribution in [2.45, 2.75) is 51.9 Å². The zero-order valence-electron chi connectivity index (χ0n) is 16.9. The Kier molecular flexibility index (Phi) is 7.31. The molecule has 0 atom stereocenters. The van der Waals surface area contributed by atoms with Gasteiger partial charge in [0.25, 0.3) is 0 Å². The molecular formula is C23H31N3O2. The molecule has 0 bridgehead atoms. The number of nitrogens with zero attached hydrogens (tertiary/aromatic N) is 1. The fourth-order valence-electron chi connectivity index (χ4n) is 3.49. The summed E-state index contributed by atoms with van der Waals surface area (Å²) in [5, 5.41) is 6.53. The number of hydrogen-bond donors (Lipinski definition) is 2. The molecule has 28 heavy (non-hydrogen) atoms. The molecule has 0 saturated heterocycles. The van der Waals surface area contributed by atoms with Gasteiger partial charge in [-0.15, -0.1) is 0 Å². The zero-order chi connectivity index (χ0) is 19.8. The number of hydrogen-bond acceptors (Lipinski definition) is 4. The van der Waals surface area contributed by atoms with Gasteiger partial charge >= 0.3 is 6.09 Å². The number of carbonyl (C=O) groups excluding carboxylic acids is 1. The fourth-order valence-corrected chi connectivity index (χ4v) is 3.49. The van der Waals surface area contributed by atoms with Crippen LogP contribution in [0, 0.1) is 0 Å². The Morgan fingerprint density at radius 2 is 1.71 bits per heavy atom. The van der Waals surface area contributed by atoms with E-state index in [2.05, 4.69) is 53.6 Å². The molecule has 150 valence electrons. The first-order chi connectivity index (χ1) is 13.7. The first kappa shape index (κ1) is 20.2. The SMILES string of the molecule is CCN(CC)Cc1cccc(NC2CC(NC(=O)OCc3ccccc3)C2)c1. The van der Waals surface area contributed by atoms with Crippen molar-refractivity contribution in [1.82, 2.24) is 10.2 Å². The monoisotopic (exact) mass is 381 g/mol. The molecular weight excluding hydrogens is 350 g/mol. The molecule has 1 amide bonds. The van der Waals surface area contributed by atoms with E-state index >= 15 is 0 Å². The van der Waals surface area contributed by atoms with Crippen molar-refractivity contribution >= 4 is 11.8 Å². The van der Waals surface area contributed by atoms with E-state index < -0.39 is 0 Å². The molecule has 1 aliphatic carbocycles. The summed E-state index contributed by atoms with van der Waals surface area (Å²) in [4.78, 5) is 14.3. The van der Waals surface area contributed by atoms with Gasteiger partial charge in [-0.3, -0.25) is 4.90 Å². The van der Waals surface area contributed by atoms with Crippen molar-refractivity contribution in [2.24, 2.45) is 0 Å². The van der Waals surface area contributed by atoms with Crippen LogP contribution in [0.5, 0.6) is 0 Å². The predicted molar refractivity (Wildman–Crippen MR) is 113 cm³/mol. The van der Waals surface area contributed by atoms with E-state index in [-0.39, 0.29) is 12.1 Å². The summed E-state index contributed by atoms with van der Waals surface area (Å²) in [5.41, 5.74) is 3.47. The van der Waals surface area contributed by atoms with E-state index in [0.717, 1.165) is 43.7 Å². The lowest BCUT2D eigenvalue weighted by Gasteiger charge is -2.36. The number of benzene rings is 2. The minimum atomic E-state index is -0.339. The van der Waals surface area contributed by atoms with E-state index in [4.69, 9.17) is 4.74 Å². The number of alkyl carbamates (subject to hydrolysis) is 1. The fraction of sp³-hybridized carbons (Fsp3) is 0.435. The van der Waals surface area contributed by atoms with Crippen molar-refractivity contribution in [3.8, 4) is 0 Å². The molecule has 3 rings (SSSR count). The Bertz CT molecular complexity index is 741. The third kappa shape index (κ3) is 5.99. The summed E-state index contributed by atoms with van der Waals surface area (Å²) in [5.74, 6) is 0. The van der Waals surface area contributed by atoms with Gasteiger partial charge in [0.15, 0.2) is 0 Å². The van der Waals surface area contributed by atoms with E-state index in [9.17, 15) is 4.79 Å². The first-order valence-electron chi connectivity index (χ1n) is 10.2. The number of carbonyl (C=O) groups is 1. The average Bonchev–Trinajstić information content (AvgIpc) is 2.70. The van der Waals surface area contributed by atoms with Gasteiger partial charge in [-0.2, -0.15) is 0 Å². The Labute approximate surface area is 168 Å². The Hall–Kier alpha value is -2.53. The Morgan fingerprint density at radius 3 is 2.43 bits per heavy atom. The van der Waals surface area contributed by atoms with Crippen molar-refractivity contribution in [3.05, 3.63) is 65.7 Å². The minimum absolute atomic E-state index is 0.180. The van der Waals surface area contributed by atoms with Crippen molar-refractivity contribution in [3.63, 3.8) is 0 Å². The molecule has 2 N–H and O–H groups in total. The van der Waals surface area contributed by atoms with Gasteiger partial charge in [0.05, 0.1) is 0 Å². The largest absolute Gasteiger partial charge is 0.445 e. The highest BCUT2D eigenvalue weighted by Crippen LogP contribution is 2.25. The van der Waals surface area contributed by atoms with Gasteiger partial charge < -0.3 is 15.4 Å². The molecule has 0 radical (unpaired) electrons. The molecule has 5 nitrogen and oxygen atoms in total. The molecule has 0 spiro atoms. The summed E-state index contributed by atoms with van der Waals surface area (Å²) in [6.45, 7) is 7.79. The summed E-state index contributed by atoms with van der Waals surface area (Å²) < 4.78 is 5.29. The summed E-state index contributed by atoms with van der Waals surface area (Å²) in [6, 6.07) is 18.9. The third-order valence-electron chi connectivity index (χ3n) is 5.27. The quantitative estimate of drug-likeness (QED) is 0.676. The number of anilines is 1. The van der Waals surface area contributed by atoms with Crippen LogP contribution in [-0.4, -0.2) is 36.2 Å². The van der Waals surface area contributed by atoms with Crippen LogP contribution in [-0.2, 0) is 17.9 Å². The van der Waals surface area contributed by atoms with E-state index in [1.807, 2.05) is 30.3 Å². The first-order valence-corrected chi connectivity index (χ1v) is 10.2. The van der Waals surface area contributed by atoms with Crippen LogP contribution in [0.4, 0.5) is 10.5 Å². The molecule has 1 saturated carbocycles. The maximum absolute atomic E-state index is 11.9. The van der Waals surface area contributed by atoms with Crippen LogP contribution in [0.15, 0.2) is 54.6 Å². The summed E-state index contributed by atoms with van der Waals surface area (Å²) >= 11 is 0. The normalized spacial score (nSPS) is 18.4. The van der Waals surface area contributed by atoms with E-state index in [0.29, 0.717) is 12.6 Å². The van der Waals surface area contributed by atoms with Gasteiger partial charge in [0, 0.05) is 24.3 Å². The lowest BCUT2D eigenvalue weighted by Crippen LogP contribution is -2.49. The summed E-state index contributed by atoms with van der Waals surface area (Å²) in [6.07, 6.45) is 1.50. The number of amides is 1. The van der Waals surface area contributed by atoms with Crippen LogP contribution < -0.4 is 10.6 Å². The second-order valence-electron chi connectivity index (χ2n) is 7.38. The standard InChI is InChI=1S/C23H31N3O2/c1-3-26(4-2)16-19-11-8-12-20(13-19)24-21-14-22(15-21)25-23(27)28-17-18-9-6-5-7-10-18/h5-13,21-22,24H,3-4,14-17H2,1-2H3,(H,25,27). The second kappa shape index (κ2) is 10.1. The molecule has 5 heteroatoms. The van der Waals surface area contributed by atoms with Gasteiger partial charge in [-0.1, -0.05) is 56.3 Å². The average molecular weight is 382 g/mol. The molecule has 2 aromatic rings. The lowest BCUT2D eigenvalue weighted by atomic mass is 9.86. The number of nitrogens with one attached hydrogen (secondary N) is 2. The molecule has 1 fully saturated rings. The smallest absolute Gasteiger partial charge is 0.407 e. The van der Waals surface area contributed by atoms with Crippen LogP contribution in [0.25, 0.3) is 0 Å². The lowest BCUT2D eigenvalue weighted by molar-refractivity contribution is 0.129. The van der Waals surface area contributed by atoms with Gasteiger partial charge in [0.2, 0.25) is 0 Å². The van der Waals surface area contributed by atoms with E-state index in [1.165, 1.54) is 5.56 Å². The number of ether oxygens (including phenoxy) is 1. The molecule has 2 aromatic carbocycles.